The van der Waals surface area contributed by atoms with Crippen molar-refractivity contribution in [1.82, 2.24) is 0 Å². The van der Waals surface area contributed by atoms with Crippen molar-refractivity contribution in [2.75, 3.05) is 7.11 Å². The molecule has 0 radical (unpaired) electrons. The van der Waals surface area contributed by atoms with Gasteiger partial charge in [-0.3, -0.25) is 4.79 Å². The van der Waals surface area contributed by atoms with Crippen molar-refractivity contribution in [3.63, 3.8) is 0 Å². The number of carbonyl (C=O) groups excluding carboxylic acids is 1. The molecule has 0 aliphatic carbocycles. The Kier molecular flexibility index (Phi) is 7.08. The molecule has 3 aromatic rings. The molecular formula is C22H17ClF2O5. The van der Waals surface area contributed by atoms with E-state index in [9.17, 15) is 13.6 Å². The summed E-state index contributed by atoms with van der Waals surface area (Å²) in [4.78, 5) is 12.4. The van der Waals surface area contributed by atoms with Gasteiger partial charge in [0.2, 0.25) is 0 Å². The fourth-order valence-corrected chi connectivity index (χ4v) is 2.73. The van der Waals surface area contributed by atoms with Gasteiger partial charge in [-0.25, -0.2) is 0 Å². The fraction of sp³-hybridized carbons (Fsp3) is 0.136. The van der Waals surface area contributed by atoms with E-state index in [2.05, 4.69) is 4.74 Å². The maximum absolute atomic E-state index is 12.4. The number of benzene rings is 2. The predicted octanol–water partition coefficient (Wildman–Crippen LogP) is 6.02. The first-order valence-corrected chi connectivity index (χ1v) is 9.15. The summed E-state index contributed by atoms with van der Waals surface area (Å²) >= 11 is 6.04. The molecule has 0 saturated carbocycles. The van der Waals surface area contributed by atoms with Crippen LogP contribution >= 0.6 is 11.6 Å². The van der Waals surface area contributed by atoms with Gasteiger partial charge in [-0.2, -0.15) is 8.78 Å². The Labute approximate surface area is 176 Å². The first-order valence-electron chi connectivity index (χ1n) is 8.77. The number of rotatable bonds is 9. The summed E-state index contributed by atoms with van der Waals surface area (Å²) in [6.07, 6.45) is 2.80. The summed E-state index contributed by atoms with van der Waals surface area (Å²) in [6, 6.07) is 14.4. The Hall–Kier alpha value is -3.32. The molecule has 2 aromatic carbocycles. The van der Waals surface area contributed by atoms with Crippen LogP contribution < -0.4 is 14.2 Å². The molecule has 0 aliphatic heterocycles. The Balaban J connectivity index is 1.63. The van der Waals surface area contributed by atoms with E-state index in [1.54, 1.807) is 30.3 Å². The maximum Gasteiger partial charge on any atom is 0.387 e. The van der Waals surface area contributed by atoms with Crippen LogP contribution in [0.25, 0.3) is 6.08 Å². The van der Waals surface area contributed by atoms with E-state index in [0.29, 0.717) is 22.3 Å². The lowest BCUT2D eigenvalue weighted by Gasteiger charge is -2.10. The average Bonchev–Trinajstić information content (AvgIpc) is 3.19. The van der Waals surface area contributed by atoms with Crippen molar-refractivity contribution in [3.05, 3.63) is 82.8 Å². The van der Waals surface area contributed by atoms with E-state index >= 15 is 0 Å². The van der Waals surface area contributed by atoms with Gasteiger partial charge in [0.15, 0.2) is 17.3 Å². The summed E-state index contributed by atoms with van der Waals surface area (Å²) in [6.45, 7) is -2.82. The van der Waals surface area contributed by atoms with E-state index < -0.39 is 6.61 Å². The second kappa shape index (κ2) is 9.93. The molecule has 156 valence electrons. The van der Waals surface area contributed by atoms with E-state index in [0.717, 1.165) is 0 Å². The summed E-state index contributed by atoms with van der Waals surface area (Å²) in [7, 11) is 1.30. The molecule has 1 aromatic heterocycles. The fourth-order valence-electron chi connectivity index (χ4n) is 2.54. The van der Waals surface area contributed by atoms with Gasteiger partial charge in [-0.15, -0.1) is 0 Å². The number of alkyl halides is 2. The number of ketones is 1. The monoisotopic (exact) mass is 434 g/mol. The number of allylic oxidation sites excluding steroid dienone is 1. The minimum atomic E-state index is -2.99. The molecule has 5 nitrogen and oxygen atoms in total. The van der Waals surface area contributed by atoms with Crippen LogP contribution in [0.5, 0.6) is 17.2 Å². The zero-order valence-electron chi connectivity index (χ0n) is 15.8. The van der Waals surface area contributed by atoms with Crippen molar-refractivity contribution in [3.8, 4) is 17.2 Å². The molecule has 0 bridgehead atoms. The van der Waals surface area contributed by atoms with Crippen molar-refractivity contribution in [2.45, 2.75) is 13.2 Å². The average molecular weight is 435 g/mol. The van der Waals surface area contributed by atoms with Crippen LogP contribution in [0, 0.1) is 0 Å². The summed E-state index contributed by atoms with van der Waals surface area (Å²) in [5.41, 5.74) is 0.249. The van der Waals surface area contributed by atoms with Gasteiger partial charge in [0.25, 0.3) is 0 Å². The van der Waals surface area contributed by atoms with E-state index in [1.165, 1.54) is 37.5 Å². The molecule has 3 rings (SSSR count). The van der Waals surface area contributed by atoms with E-state index in [1.807, 2.05) is 6.07 Å². The van der Waals surface area contributed by atoms with Gasteiger partial charge in [0.05, 0.1) is 12.1 Å². The predicted molar refractivity (Wildman–Crippen MR) is 107 cm³/mol. The highest BCUT2D eigenvalue weighted by Gasteiger charge is 2.13. The smallest absolute Gasteiger partial charge is 0.387 e. The van der Waals surface area contributed by atoms with Crippen molar-refractivity contribution in [1.29, 1.82) is 0 Å². The SMILES string of the molecule is COc1cc(C(=O)/C=C/c2ccc(COc3ccccc3Cl)o2)ccc1OC(F)F. The summed E-state index contributed by atoms with van der Waals surface area (Å²) < 4.78 is 45.3. The molecule has 0 N–H and O–H groups in total. The number of ether oxygens (including phenoxy) is 3. The van der Waals surface area contributed by atoms with Gasteiger partial charge in [0.1, 0.15) is 23.9 Å². The number of carbonyl (C=O) groups is 1. The largest absolute Gasteiger partial charge is 0.493 e. The quantitative estimate of drug-likeness (QED) is 0.304. The number of halogens is 3. The van der Waals surface area contributed by atoms with Gasteiger partial charge >= 0.3 is 6.61 Å². The number of furan rings is 1. The standard InChI is InChI=1S/C22H17ClF2O5/c1-27-21-12-14(6-11-20(21)30-22(24)25)18(26)10-9-15-7-8-16(29-15)13-28-19-5-3-2-4-17(19)23/h2-12,22H,13H2,1H3/b10-9+. The van der Waals surface area contributed by atoms with Crippen molar-refractivity contribution < 1.29 is 32.2 Å². The van der Waals surface area contributed by atoms with Crippen LogP contribution in [0.4, 0.5) is 8.78 Å². The first kappa shape index (κ1) is 21.4. The molecule has 0 aliphatic rings. The van der Waals surface area contributed by atoms with Gasteiger partial charge in [0, 0.05) is 5.56 Å². The molecule has 0 unspecified atom stereocenters. The van der Waals surface area contributed by atoms with Crippen LogP contribution in [0.2, 0.25) is 5.02 Å². The normalized spacial score (nSPS) is 11.1. The van der Waals surface area contributed by atoms with Crippen molar-refractivity contribution >= 4 is 23.5 Å². The van der Waals surface area contributed by atoms with Crippen LogP contribution in [-0.2, 0) is 6.61 Å². The zero-order chi connectivity index (χ0) is 21.5. The van der Waals surface area contributed by atoms with Crippen LogP contribution in [0.1, 0.15) is 21.9 Å². The first-order chi connectivity index (χ1) is 14.5. The lowest BCUT2D eigenvalue weighted by atomic mass is 10.1. The molecule has 0 saturated heterocycles. The van der Waals surface area contributed by atoms with Crippen LogP contribution in [-0.4, -0.2) is 19.5 Å². The lowest BCUT2D eigenvalue weighted by Crippen LogP contribution is -2.04. The van der Waals surface area contributed by atoms with Crippen molar-refractivity contribution in [2.24, 2.45) is 0 Å². The Bertz CT molecular complexity index is 1050. The molecule has 0 fully saturated rings. The molecule has 1 heterocycles. The Morgan fingerprint density at radius 3 is 2.63 bits per heavy atom. The highest BCUT2D eigenvalue weighted by atomic mass is 35.5. The minimum Gasteiger partial charge on any atom is -0.493 e. The number of hydrogen-bond acceptors (Lipinski definition) is 5. The molecule has 8 heteroatoms. The second-order valence-corrected chi connectivity index (χ2v) is 6.37. The minimum absolute atomic E-state index is 0.0338. The highest BCUT2D eigenvalue weighted by molar-refractivity contribution is 6.32. The Morgan fingerprint density at radius 1 is 1.10 bits per heavy atom. The van der Waals surface area contributed by atoms with Gasteiger partial charge in [-0.05, 0) is 54.6 Å². The second-order valence-electron chi connectivity index (χ2n) is 5.96. The number of methoxy groups -OCH3 is 1. The maximum atomic E-state index is 12.4. The molecule has 30 heavy (non-hydrogen) atoms. The summed E-state index contributed by atoms with van der Waals surface area (Å²) in [5, 5.41) is 0.496. The summed E-state index contributed by atoms with van der Waals surface area (Å²) in [5.74, 6) is 1.06. The molecular weight excluding hydrogens is 418 g/mol. The van der Waals surface area contributed by atoms with Crippen LogP contribution in [0.15, 0.2) is 65.1 Å². The zero-order valence-corrected chi connectivity index (χ0v) is 16.6. The van der Waals surface area contributed by atoms with Gasteiger partial charge in [-0.1, -0.05) is 23.7 Å². The highest BCUT2D eigenvalue weighted by Crippen LogP contribution is 2.30. The third-order valence-electron chi connectivity index (χ3n) is 3.95. The van der Waals surface area contributed by atoms with E-state index in [-0.39, 0.29) is 29.5 Å². The van der Waals surface area contributed by atoms with E-state index in [4.69, 9.17) is 25.5 Å². The third-order valence-corrected chi connectivity index (χ3v) is 4.26. The number of hydrogen-bond donors (Lipinski definition) is 0. The molecule has 0 spiro atoms. The van der Waals surface area contributed by atoms with Crippen LogP contribution in [0.3, 0.4) is 0 Å². The lowest BCUT2D eigenvalue weighted by molar-refractivity contribution is -0.0512. The molecule has 0 amide bonds. The van der Waals surface area contributed by atoms with Gasteiger partial charge < -0.3 is 18.6 Å². The number of para-hydroxylation sites is 1. The Morgan fingerprint density at radius 2 is 1.90 bits per heavy atom. The third kappa shape index (κ3) is 5.61. The topological polar surface area (TPSA) is 57.9 Å². The molecule has 0 atom stereocenters.